The molecule has 14 heteroatoms. The Morgan fingerprint density at radius 1 is 1.30 bits per heavy atom. The first-order valence-electron chi connectivity index (χ1n) is 10.6. The van der Waals surface area contributed by atoms with Crippen LogP contribution in [0.4, 0.5) is 0 Å². The molecule has 0 saturated carbocycles. The van der Waals surface area contributed by atoms with Crippen molar-refractivity contribution < 1.29 is 37.7 Å². The van der Waals surface area contributed by atoms with E-state index in [1.807, 2.05) is 0 Å². The Labute approximate surface area is 195 Å². The van der Waals surface area contributed by atoms with E-state index in [1.54, 1.807) is 33.9 Å². The molecule has 2 saturated heterocycles. The molecule has 12 nitrogen and oxygen atoms in total. The van der Waals surface area contributed by atoms with Gasteiger partial charge < -0.3 is 33.1 Å². The zero-order chi connectivity index (χ0) is 23.8. The maximum atomic E-state index is 13.0. The number of hydrogen-bond donors (Lipinski definition) is 1. The molecule has 1 radical (unpaired) electrons. The number of ether oxygens (including phenoxy) is 4. The summed E-state index contributed by atoms with van der Waals surface area (Å²) in [5, 5.41) is 14.8. The molecule has 4 rings (SSSR count). The van der Waals surface area contributed by atoms with Crippen LogP contribution < -0.4 is 0 Å². The number of aromatic nitrogens is 4. The van der Waals surface area contributed by atoms with E-state index >= 15 is 0 Å². The number of rotatable bonds is 10. The number of nitrogens with zero attached hydrogens (tertiary/aromatic N) is 4. The van der Waals surface area contributed by atoms with Crippen LogP contribution in [0.25, 0.3) is 11.0 Å². The average molecular weight is 506 g/mol. The molecule has 2 aliphatic heterocycles. The summed E-state index contributed by atoms with van der Waals surface area (Å²) in [7, 11) is -3.69. The van der Waals surface area contributed by atoms with Crippen molar-refractivity contribution in [2.45, 2.75) is 63.9 Å². The van der Waals surface area contributed by atoms with E-state index in [-0.39, 0.29) is 25.1 Å². The van der Waals surface area contributed by atoms with Gasteiger partial charge in [0.2, 0.25) is 5.28 Å². The Balaban J connectivity index is 1.56. The third-order valence-electron chi connectivity index (χ3n) is 5.18. The highest BCUT2D eigenvalue weighted by Gasteiger charge is 2.57. The van der Waals surface area contributed by atoms with Crippen molar-refractivity contribution in [3.05, 3.63) is 17.7 Å². The summed E-state index contributed by atoms with van der Waals surface area (Å²) in [4.78, 5) is 8.08. The van der Waals surface area contributed by atoms with Crippen molar-refractivity contribution in [1.29, 1.82) is 0 Å². The fraction of sp³-hybridized carbons (Fsp3) is 0.737. The highest BCUT2D eigenvalue weighted by molar-refractivity contribution is 7.54. The molecule has 183 valence electrons. The van der Waals surface area contributed by atoms with Gasteiger partial charge >= 0.3 is 7.60 Å². The molecular formula is C19H27ClN4O8P. The molecule has 4 heterocycles. The first-order chi connectivity index (χ1) is 15.7. The monoisotopic (exact) mass is 505 g/mol. The number of aliphatic hydroxyl groups excluding tert-OH is 1. The summed E-state index contributed by atoms with van der Waals surface area (Å²) < 4.78 is 49.3. The third-order valence-corrected chi connectivity index (χ3v) is 7.61. The molecule has 5 atom stereocenters. The molecule has 0 bridgehead atoms. The zero-order valence-corrected chi connectivity index (χ0v) is 20.4. The van der Waals surface area contributed by atoms with Gasteiger partial charge in [-0.25, -0.2) is 9.67 Å². The molecule has 0 unspecified atom stereocenters. The topological polar surface area (TPSA) is 136 Å². The smallest absolute Gasteiger partial charge is 0.361 e. The van der Waals surface area contributed by atoms with E-state index in [2.05, 4.69) is 21.3 Å². The van der Waals surface area contributed by atoms with Crippen LogP contribution in [0.3, 0.4) is 0 Å². The van der Waals surface area contributed by atoms with Crippen molar-refractivity contribution in [1.82, 2.24) is 19.7 Å². The summed E-state index contributed by atoms with van der Waals surface area (Å²) in [6.45, 7) is 6.62. The quantitative estimate of drug-likeness (QED) is 0.376. The van der Waals surface area contributed by atoms with Crippen LogP contribution in [0.1, 0.15) is 33.9 Å². The van der Waals surface area contributed by atoms with Gasteiger partial charge in [0.05, 0.1) is 38.0 Å². The van der Waals surface area contributed by atoms with E-state index in [0.29, 0.717) is 11.0 Å². The summed E-state index contributed by atoms with van der Waals surface area (Å²) in [5.41, 5.74) is 0.430. The minimum Gasteiger partial charge on any atom is -0.393 e. The Morgan fingerprint density at radius 2 is 2.00 bits per heavy atom. The second-order valence-electron chi connectivity index (χ2n) is 7.91. The number of aliphatic hydroxyl groups is 1. The van der Waals surface area contributed by atoms with Gasteiger partial charge in [-0.3, -0.25) is 4.57 Å². The van der Waals surface area contributed by atoms with Crippen molar-refractivity contribution >= 4 is 30.2 Å². The average Bonchev–Trinajstić information content (AvgIpc) is 3.39. The third kappa shape index (κ3) is 4.95. The Morgan fingerprint density at radius 3 is 2.67 bits per heavy atom. The molecule has 2 aromatic rings. The molecule has 2 fully saturated rings. The van der Waals surface area contributed by atoms with E-state index in [0.717, 1.165) is 0 Å². The van der Waals surface area contributed by atoms with Gasteiger partial charge in [0.15, 0.2) is 23.5 Å². The highest BCUT2D eigenvalue weighted by atomic mass is 35.5. The van der Waals surface area contributed by atoms with Crippen molar-refractivity contribution in [2.24, 2.45) is 0 Å². The van der Waals surface area contributed by atoms with Gasteiger partial charge in [-0.1, -0.05) is 0 Å². The predicted octanol–water partition coefficient (Wildman–Crippen LogP) is 2.30. The first-order valence-corrected chi connectivity index (χ1v) is 12.6. The van der Waals surface area contributed by atoms with Crippen LogP contribution in [0.15, 0.2) is 6.20 Å². The lowest BCUT2D eigenvalue weighted by atomic mass is 10.1. The predicted molar refractivity (Wildman–Crippen MR) is 115 cm³/mol. The van der Waals surface area contributed by atoms with E-state index in [1.165, 1.54) is 4.68 Å². The standard InChI is InChI=1S/C19H27ClN4O8P/c1-5-28-33(26,29-6-2)13(9-25)27-10-12-14-15(32-19(3,4)31-14)17(30-12)24-16-11(8-22-24)7-21-18(20)23-16/h8,12-15,17,25H,5-6,9-10H2,1-4H3/t12-,13-,14-,15-,17-/m1/s1. The largest absolute Gasteiger partial charge is 0.393 e. The SMILES string of the molecule is CCOP(=O)(OCC)[C@H](CO)OC[C@H]1O[C@@H](n2ncc3[c]nc(Cl)nc32)[C@@H]2OC(C)(C)O[C@@H]21. The second-order valence-corrected chi connectivity index (χ2v) is 10.4. The number of halogens is 1. The van der Waals surface area contributed by atoms with Gasteiger partial charge in [0.25, 0.3) is 0 Å². The Hall–Kier alpha value is -1.21. The molecule has 2 aliphatic rings. The van der Waals surface area contributed by atoms with Crippen LogP contribution in [-0.4, -0.2) is 81.2 Å². The fourth-order valence-electron chi connectivity index (χ4n) is 3.95. The van der Waals surface area contributed by atoms with Gasteiger partial charge in [-0.2, -0.15) is 10.1 Å². The van der Waals surface area contributed by atoms with Gasteiger partial charge in [0.1, 0.15) is 24.5 Å². The van der Waals surface area contributed by atoms with Crippen molar-refractivity contribution in [3.63, 3.8) is 0 Å². The summed E-state index contributed by atoms with van der Waals surface area (Å²) in [6, 6.07) is 0. The zero-order valence-electron chi connectivity index (χ0n) is 18.7. The normalized spacial score (nSPS) is 27.8. The lowest BCUT2D eigenvalue weighted by molar-refractivity contribution is -0.204. The Kier molecular flexibility index (Phi) is 7.40. The van der Waals surface area contributed by atoms with E-state index in [9.17, 15) is 9.67 Å². The summed E-state index contributed by atoms with van der Waals surface area (Å²) >= 11 is 5.95. The van der Waals surface area contributed by atoms with Crippen LogP contribution in [0.2, 0.25) is 5.28 Å². The van der Waals surface area contributed by atoms with Crippen LogP contribution >= 0.6 is 19.2 Å². The Bertz CT molecular complexity index is 1010. The first kappa shape index (κ1) is 24.9. The van der Waals surface area contributed by atoms with Crippen LogP contribution in [0.5, 0.6) is 0 Å². The van der Waals surface area contributed by atoms with Crippen LogP contribution in [-0.2, 0) is 32.6 Å². The number of fused-ring (bicyclic) bond motifs is 2. The highest BCUT2D eigenvalue weighted by Crippen LogP contribution is 2.53. The molecule has 0 aliphatic carbocycles. The lowest BCUT2D eigenvalue weighted by Crippen LogP contribution is -2.35. The molecule has 33 heavy (non-hydrogen) atoms. The maximum absolute atomic E-state index is 13.0. The molecule has 0 spiro atoms. The maximum Gasteiger partial charge on any atom is 0.361 e. The van der Waals surface area contributed by atoms with Gasteiger partial charge in [-0.15, -0.1) is 0 Å². The minimum absolute atomic E-state index is 0.0241. The molecule has 2 aromatic heterocycles. The van der Waals surface area contributed by atoms with Gasteiger partial charge in [-0.05, 0) is 39.3 Å². The number of hydrogen-bond acceptors (Lipinski definition) is 11. The molecular weight excluding hydrogens is 479 g/mol. The molecule has 0 aromatic carbocycles. The van der Waals surface area contributed by atoms with E-state index < -0.39 is 50.4 Å². The van der Waals surface area contributed by atoms with E-state index in [4.69, 9.17) is 39.6 Å². The fourth-order valence-corrected chi connectivity index (χ4v) is 5.67. The lowest BCUT2D eigenvalue weighted by Gasteiger charge is -2.27. The minimum atomic E-state index is -3.69. The second kappa shape index (κ2) is 9.80. The van der Waals surface area contributed by atoms with Crippen molar-refractivity contribution in [2.75, 3.05) is 26.4 Å². The van der Waals surface area contributed by atoms with Crippen molar-refractivity contribution in [3.8, 4) is 0 Å². The summed E-state index contributed by atoms with van der Waals surface area (Å²) in [6.07, 6.45) is 1.92. The molecule has 1 N–H and O–H groups in total. The van der Waals surface area contributed by atoms with Gasteiger partial charge in [0, 0.05) is 0 Å². The molecule has 0 amide bonds. The van der Waals surface area contributed by atoms with Crippen LogP contribution in [0, 0.1) is 6.20 Å². The summed E-state index contributed by atoms with van der Waals surface area (Å²) in [5.74, 6) is -2.06.